The molecule has 0 heterocycles. The predicted molar refractivity (Wildman–Crippen MR) is 80.0 cm³/mol. The van der Waals surface area contributed by atoms with Gasteiger partial charge in [0, 0.05) is 12.3 Å². The lowest BCUT2D eigenvalue weighted by atomic mass is 9.79. The summed E-state index contributed by atoms with van der Waals surface area (Å²) in [6.45, 7) is 8.50. The maximum atomic E-state index is 11.9. The monoisotopic (exact) mass is 266 g/mol. The number of unbranched alkanes of at least 4 members (excludes halogenated alkanes) is 3. The van der Waals surface area contributed by atoms with Crippen LogP contribution in [0.2, 0.25) is 0 Å². The van der Waals surface area contributed by atoms with Gasteiger partial charge in [-0.15, -0.1) is 0 Å². The third-order valence-corrected chi connectivity index (χ3v) is 4.23. The van der Waals surface area contributed by atoms with Gasteiger partial charge in [-0.3, -0.25) is 4.79 Å². The number of esters is 1. The molecule has 110 valence electrons. The van der Waals surface area contributed by atoms with E-state index < -0.39 is 0 Å². The zero-order valence-electron chi connectivity index (χ0n) is 13.1. The first-order valence-corrected chi connectivity index (χ1v) is 7.83. The summed E-state index contributed by atoms with van der Waals surface area (Å²) in [5, 5.41) is 0. The molecule has 0 fully saturated rings. The molecule has 1 rings (SSSR count). The van der Waals surface area contributed by atoms with Crippen molar-refractivity contribution in [2.24, 2.45) is 5.92 Å². The highest BCUT2D eigenvalue weighted by Crippen LogP contribution is 2.34. The zero-order chi connectivity index (χ0) is 14.3. The topological polar surface area (TPSA) is 26.3 Å². The Hall–Kier alpha value is -0.790. The lowest BCUT2D eigenvalue weighted by molar-refractivity contribution is -0.162. The maximum Gasteiger partial charge on any atom is 0.306 e. The standard InChI is InChI=1S/C17H30O2/c1-5-6-7-8-9-16(18)19-17(3,4)15-12-10-14(2)11-13-15/h10,15H,5-9,11-13H2,1-4H3. The minimum Gasteiger partial charge on any atom is -0.459 e. The van der Waals surface area contributed by atoms with Crippen LogP contribution in [-0.4, -0.2) is 11.6 Å². The van der Waals surface area contributed by atoms with Gasteiger partial charge in [-0.1, -0.05) is 37.8 Å². The normalized spacial score (nSPS) is 20.0. The van der Waals surface area contributed by atoms with Crippen molar-refractivity contribution in [2.45, 2.75) is 84.7 Å². The molecular formula is C17H30O2. The Morgan fingerprint density at radius 1 is 1.37 bits per heavy atom. The Bertz CT molecular complexity index is 315. The van der Waals surface area contributed by atoms with Gasteiger partial charge in [0.25, 0.3) is 0 Å². The van der Waals surface area contributed by atoms with Crippen molar-refractivity contribution in [1.82, 2.24) is 0 Å². The first kappa shape index (κ1) is 16.3. The van der Waals surface area contributed by atoms with Crippen LogP contribution in [0.25, 0.3) is 0 Å². The van der Waals surface area contributed by atoms with Crippen LogP contribution in [0.4, 0.5) is 0 Å². The van der Waals surface area contributed by atoms with Crippen molar-refractivity contribution >= 4 is 5.97 Å². The SMILES string of the molecule is CCCCCCC(=O)OC(C)(C)C1CC=C(C)CC1. The lowest BCUT2D eigenvalue weighted by Crippen LogP contribution is -2.37. The first-order chi connectivity index (χ1) is 8.95. The van der Waals surface area contributed by atoms with Crippen molar-refractivity contribution in [1.29, 1.82) is 0 Å². The van der Waals surface area contributed by atoms with E-state index in [2.05, 4.69) is 33.8 Å². The second-order valence-corrected chi connectivity index (χ2v) is 6.41. The molecule has 0 amide bonds. The lowest BCUT2D eigenvalue weighted by Gasteiger charge is -2.35. The number of carbonyl (C=O) groups excluding carboxylic acids is 1. The smallest absolute Gasteiger partial charge is 0.306 e. The van der Waals surface area contributed by atoms with Gasteiger partial charge in [-0.05, 0) is 46.5 Å². The minimum absolute atomic E-state index is 0.0209. The van der Waals surface area contributed by atoms with Gasteiger partial charge in [0.05, 0.1) is 0 Å². The van der Waals surface area contributed by atoms with E-state index in [0.29, 0.717) is 12.3 Å². The molecule has 0 radical (unpaired) electrons. The van der Waals surface area contributed by atoms with Gasteiger partial charge in [-0.2, -0.15) is 0 Å². The summed E-state index contributed by atoms with van der Waals surface area (Å²) in [4.78, 5) is 11.9. The van der Waals surface area contributed by atoms with E-state index in [0.717, 1.165) is 32.1 Å². The molecule has 0 aromatic carbocycles. The predicted octanol–water partition coefficient (Wildman–Crippen LogP) is 5.03. The summed E-state index contributed by atoms with van der Waals surface area (Å²) in [5.74, 6) is 0.447. The van der Waals surface area contributed by atoms with E-state index in [-0.39, 0.29) is 11.6 Å². The fraction of sp³-hybridized carbons (Fsp3) is 0.824. The number of hydrogen-bond acceptors (Lipinski definition) is 2. The summed E-state index contributed by atoms with van der Waals surface area (Å²) in [7, 11) is 0. The summed E-state index contributed by atoms with van der Waals surface area (Å²) >= 11 is 0. The van der Waals surface area contributed by atoms with Crippen molar-refractivity contribution in [3.63, 3.8) is 0 Å². The van der Waals surface area contributed by atoms with Crippen LogP contribution >= 0.6 is 0 Å². The fourth-order valence-corrected chi connectivity index (χ4v) is 2.72. The highest BCUT2D eigenvalue weighted by atomic mass is 16.6. The molecule has 2 nitrogen and oxygen atoms in total. The Kier molecular flexibility index (Phi) is 6.60. The van der Waals surface area contributed by atoms with Gasteiger partial charge in [0.15, 0.2) is 0 Å². The Labute approximate surface area is 118 Å². The summed E-state index contributed by atoms with van der Waals surface area (Å²) in [5.41, 5.74) is 1.15. The van der Waals surface area contributed by atoms with Gasteiger partial charge in [0.1, 0.15) is 5.60 Å². The highest BCUT2D eigenvalue weighted by molar-refractivity contribution is 5.69. The number of ether oxygens (including phenoxy) is 1. The molecule has 1 aliphatic rings. The number of rotatable bonds is 7. The molecule has 0 spiro atoms. The highest BCUT2D eigenvalue weighted by Gasteiger charge is 2.33. The van der Waals surface area contributed by atoms with E-state index in [1.807, 2.05) is 0 Å². The van der Waals surface area contributed by atoms with Gasteiger partial charge < -0.3 is 4.74 Å². The largest absolute Gasteiger partial charge is 0.459 e. The first-order valence-electron chi connectivity index (χ1n) is 7.83. The van der Waals surface area contributed by atoms with Crippen molar-refractivity contribution in [3.05, 3.63) is 11.6 Å². The van der Waals surface area contributed by atoms with Crippen molar-refractivity contribution < 1.29 is 9.53 Å². The maximum absolute atomic E-state index is 11.9. The molecule has 0 bridgehead atoms. The van der Waals surface area contributed by atoms with E-state index in [4.69, 9.17) is 4.74 Å². The third-order valence-electron chi connectivity index (χ3n) is 4.23. The van der Waals surface area contributed by atoms with E-state index in [1.54, 1.807) is 0 Å². The van der Waals surface area contributed by atoms with Crippen LogP contribution in [-0.2, 0) is 9.53 Å². The molecule has 1 aliphatic carbocycles. The second kappa shape index (κ2) is 7.72. The fourth-order valence-electron chi connectivity index (χ4n) is 2.72. The Morgan fingerprint density at radius 3 is 2.68 bits per heavy atom. The molecule has 0 aromatic rings. The molecule has 0 N–H and O–H groups in total. The molecule has 19 heavy (non-hydrogen) atoms. The molecule has 0 saturated heterocycles. The summed E-state index contributed by atoms with van der Waals surface area (Å²) in [6, 6.07) is 0. The number of hydrogen-bond donors (Lipinski definition) is 0. The van der Waals surface area contributed by atoms with Gasteiger partial charge in [0.2, 0.25) is 0 Å². The van der Waals surface area contributed by atoms with Crippen LogP contribution in [0.15, 0.2) is 11.6 Å². The van der Waals surface area contributed by atoms with E-state index in [9.17, 15) is 4.79 Å². The summed E-state index contributed by atoms with van der Waals surface area (Å²) in [6.07, 6.45) is 10.7. The van der Waals surface area contributed by atoms with Crippen LogP contribution in [0, 0.1) is 5.92 Å². The number of carbonyl (C=O) groups is 1. The summed E-state index contributed by atoms with van der Waals surface area (Å²) < 4.78 is 5.72. The molecule has 0 saturated carbocycles. The van der Waals surface area contributed by atoms with Crippen molar-refractivity contribution in [2.75, 3.05) is 0 Å². The molecule has 1 atom stereocenters. The number of allylic oxidation sites excluding steroid dienone is 2. The quantitative estimate of drug-likeness (QED) is 0.367. The minimum atomic E-state index is -0.320. The zero-order valence-corrected chi connectivity index (χ0v) is 13.1. The molecular weight excluding hydrogens is 236 g/mol. The Balaban J connectivity index is 2.35. The molecule has 0 aromatic heterocycles. The van der Waals surface area contributed by atoms with Crippen LogP contribution in [0.5, 0.6) is 0 Å². The van der Waals surface area contributed by atoms with Gasteiger partial charge >= 0.3 is 5.97 Å². The second-order valence-electron chi connectivity index (χ2n) is 6.41. The average Bonchev–Trinajstić information content (AvgIpc) is 2.34. The van der Waals surface area contributed by atoms with E-state index in [1.165, 1.54) is 18.4 Å². The van der Waals surface area contributed by atoms with Gasteiger partial charge in [-0.25, -0.2) is 0 Å². The van der Waals surface area contributed by atoms with Crippen LogP contribution < -0.4 is 0 Å². The molecule has 2 heteroatoms. The van der Waals surface area contributed by atoms with E-state index >= 15 is 0 Å². The van der Waals surface area contributed by atoms with Crippen LogP contribution in [0.3, 0.4) is 0 Å². The third kappa shape index (κ3) is 5.80. The Morgan fingerprint density at radius 2 is 2.11 bits per heavy atom. The molecule has 1 unspecified atom stereocenters. The van der Waals surface area contributed by atoms with Crippen molar-refractivity contribution in [3.8, 4) is 0 Å². The van der Waals surface area contributed by atoms with Crippen LogP contribution in [0.1, 0.15) is 79.1 Å². The molecule has 0 aliphatic heterocycles. The average molecular weight is 266 g/mol.